The average molecular weight is 133 g/mol. The number of hydrogen-bond acceptors (Lipinski definition) is 3. The summed E-state index contributed by atoms with van der Waals surface area (Å²) in [6.45, 7) is 3.07. The molecule has 0 amide bonds. The summed E-state index contributed by atoms with van der Waals surface area (Å²) in [6, 6.07) is 0. The summed E-state index contributed by atoms with van der Waals surface area (Å²) in [5.74, 6) is -1.87. The first-order valence-corrected chi connectivity index (χ1v) is 2.63. The van der Waals surface area contributed by atoms with Gasteiger partial charge in [-0.15, -0.1) is 0 Å². The highest BCUT2D eigenvalue weighted by molar-refractivity contribution is 5.76. The predicted molar refractivity (Wildman–Crippen MR) is 31.6 cm³/mol. The highest BCUT2D eigenvalue weighted by atomic mass is 16.4. The van der Waals surface area contributed by atoms with E-state index in [1.807, 2.05) is 0 Å². The second kappa shape index (κ2) is 2.33. The van der Waals surface area contributed by atoms with Crippen molar-refractivity contribution in [3.05, 3.63) is 0 Å². The van der Waals surface area contributed by atoms with Gasteiger partial charge in [0.05, 0.1) is 0 Å². The number of aliphatic carboxylic acids is 1. The molecule has 0 heterocycles. The van der Waals surface area contributed by atoms with Crippen LogP contribution in [-0.4, -0.2) is 21.9 Å². The first kappa shape index (κ1) is 8.39. The molecule has 0 saturated heterocycles. The normalized spacial score (nSPS) is 17.4. The van der Waals surface area contributed by atoms with Crippen molar-refractivity contribution in [1.82, 2.24) is 0 Å². The van der Waals surface area contributed by atoms with Crippen LogP contribution in [0.25, 0.3) is 0 Å². The number of rotatable bonds is 2. The second-order valence-corrected chi connectivity index (χ2v) is 2.29. The molecule has 9 heavy (non-hydrogen) atoms. The van der Waals surface area contributed by atoms with E-state index in [1.54, 1.807) is 0 Å². The summed E-state index contributed by atoms with van der Waals surface area (Å²) < 4.78 is 0. The number of carboxylic acid groups (broad SMARTS) is 1. The van der Waals surface area contributed by atoms with E-state index < -0.39 is 17.6 Å². The van der Waals surface area contributed by atoms with Gasteiger partial charge in [0.15, 0.2) is 0 Å². The van der Waals surface area contributed by atoms with Crippen LogP contribution in [0.3, 0.4) is 0 Å². The molecule has 0 radical (unpaired) electrons. The molecule has 0 aromatic heterocycles. The zero-order chi connectivity index (χ0) is 7.65. The third kappa shape index (κ3) is 1.65. The minimum Gasteiger partial charge on any atom is -0.478 e. The molecular formula is C5H11NO3. The zero-order valence-corrected chi connectivity index (χ0v) is 5.46. The van der Waals surface area contributed by atoms with Gasteiger partial charge < -0.3 is 10.2 Å². The van der Waals surface area contributed by atoms with Gasteiger partial charge in [-0.2, -0.15) is 0 Å². The van der Waals surface area contributed by atoms with E-state index >= 15 is 0 Å². The minimum absolute atomic E-state index is 0.477. The summed E-state index contributed by atoms with van der Waals surface area (Å²) in [6.07, 6.45) is 0. The smallest absolute Gasteiger partial charge is 0.351 e. The Hall–Kier alpha value is -0.610. The number of carbonyl (C=O) groups is 1. The van der Waals surface area contributed by atoms with E-state index in [2.05, 4.69) is 0 Å². The van der Waals surface area contributed by atoms with E-state index in [-0.39, 0.29) is 0 Å². The molecule has 4 N–H and O–H groups in total. The maximum atomic E-state index is 10.1. The quantitative estimate of drug-likeness (QED) is 0.438. The van der Waals surface area contributed by atoms with Crippen LogP contribution in [-0.2, 0) is 4.79 Å². The van der Waals surface area contributed by atoms with Crippen LogP contribution >= 0.6 is 0 Å². The Morgan fingerprint density at radius 1 is 1.67 bits per heavy atom. The van der Waals surface area contributed by atoms with Gasteiger partial charge in [-0.3, -0.25) is 5.73 Å². The Kier molecular flexibility index (Phi) is 2.17. The second-order valence-electron chi connectivity index (χ2n) is 2.29. The van der Waals surface area contributed by atoms with Gasteiger partial charge in [-0.1, -0.05) is 13.8 Å². The molecule has 0 aromatic rings. The average Bonchev–Trinajstić information content (AvgIpc) is 1.65. The summed E-state index contributed by atoms with van der Waals surface area (Å²) in [5, 5.41) is 17.1. The molecule has 1 unspecified atom stereocenters. The van der Waals surface area contributed by atoms with Crippen LogP contribution in [0.4, 0.5) is 0 Å². The van der Waals surface area contributed by atoms with Crippen LogP contribution < -0.4 is 5.73 Å². The Morgan fingerprint density at radius 3 is 2.00 bits per heavy atom. The third-order valence-electron chi connectivity index (χ3n) is 1.22. The van der Waals surface area contributed by atoms with E-state index in [9.17, 15) is 4.79 Å². The number of nitrogens with two attached hydrogens (primary N) is 1. The van der Waals surface area contributed by atoms with E-state index in [0.29, 0.717) is 0 Å². The summed E-state index contributed by atoms with van der Waals surface area (Å²) in [7, 11) is 0. The fourth-order valence-electron chi connectivity index (χ4n) is 0.247. The maximum absolute atomic E-state index is 10.1. The van der Waals surface area contributed by atoms with Crippen molar-refractivity contribution in [3.63, 3.8) is 0 Å². The Labute approximate surface area is 53.3 Å². The molecule has 0 fully saturated rings. The maximum Gasteiger partial charge on any atom is 0.351 e. The van der Waals surface area contributed by atoms with Gasteiger partial charge in [0.2, 0.25) is 5.72 Å². The molecule has 0 rings (SSSR count). The number of aliphatic hydroxyl groups is 1. The van der Waals surface area contributed by atoms with Crippen molar-refractivity contribution in [1.29, 1.82) is 0 Å². The lowest BCUT2D eigenvalue weighted by molar-refractivity contribution is -0.162. The first-order valence-electron chi connectivity index (χ1n) is 2.63. The van der Waals surface area contributed by atoms with Gasteiger partial charge in [0, 0.05) is 5.92 Å². The van der Waals surface area contributed by atoms with Crippen LogP contribution in [0, 0.1) is 5.92 Å². The molecule has 0 saturated carbocycles. The molecule has 0 aromatic carbocycles. The highest BCUT2D eigenvalue weighted by Crippen LogP contribution is 2.08. The van der Waals surface area contributed by atoms with E-state index in [0.717, 1.165) is 0 Å². The molecule has 0 bridgehead atoms. The van der Waals surface area contributed by atoms with Gasteiger partial charge in [0.25, 0.3) is 0 Å². The van der Waals surface area contributed by atoms with Crippen LogP contribution in [0.1, 0.15) is 13.8 Å². The SMILES string of the molecule is CC(C)C(N)(O)C(=O)O. The number of hydrogen-bond donors (Lipinski definition) is 3. The van der Waals surface area contributed by atoms with Crippen molar-refractivity contribution in [2.24, 2.45) is 11.7 Å². The fraction of sp³-hybridized carbons (Fsp3) is 0.800. The lowest BCUT2D eigenvalue weighted by Crippen LogP contribution is -2.52. The monoisotopic (exact) mass is 133 g/mol. The first-order chi connectivity index (χ1) is 3.89. The molecule has 0 spiro atoms. The van der Waals surface area contributed by atoms with Crippen molar-refractivity contribution in [3.8, 4) is 0 Å². The number of carboxylic acids is 1. The highest BCUT2D eigenvalue weighted by Gasteiger charge is 2.34. The molecule has 0 aliphatic carbocycles. The van der Waals surface area contributed by atoms with Gasteiger partial charge in [-0.05, 0) is 0 Å². The van der Waals surface area contributed by atoms with Crippen LogP contribution in [0.5, 0.6) is 0 Å². The van der Waals surface area contributed by atoms with Crippen molar-refractivity contribution >= 4 is 5.97 Å². The molecule has 0 aliphatic heterocycles. The third-order valence-corrected chi connectivity index (χ3v) is 1.22. The standard InChI is InChI=1S/C5H11NO3/c1-3(2)5(6,9)4(7)8/h3,9H,6H2,1-2H3,(H,7,8). The van der Waals surface area contributed by atoms with E-state index in [4.69, 9.17) is 15.9 Å². The van der Waals surface area contributed by atoms with Crippen molar-refractivity contribution < 1.29 is 15.0 Å². The minimum atomic E-state index is -2.08. The van der Waals surface area contributed by atoms with Gasteiger partial charge in [0.1, 0.15) is 0 Å². The zero-order valence-electron chi connectivity index (χ0n) is 5.46. The lowest BCUT2D eigenvalue weighted by atomic mass is 10.0. The molecular weight excluding hydrogens is 122 g/mol. The Morgan fingerprint density at radius 2 is 2.00 bits per heavy atom. The largest absolute Gasteiger partial charge is 0.478 e. The van der Waals surface area contributed by atoms with Crippen molar-refractivity contribution in [2.75, 3.05) is 0 Å². The lowest BCUT2D eigenvalue weighted by Gasteiger charge is -2.21. The van der Waals surface area contributed by atoms with Crippen LogP contribution in [0.15, 0.2) is 0 Å². The van der Waals surface area contributed by atoms with Gasteiger partial charge >= 0.3 is 5.97 Å². The topological polar surface area (TPSA) is 83.5 Å². The Balaban J connectivity index is 4.19. The summed E-state index contributed by atoms with van der Waals surface area (Å²) in [4.78, 5) is 10.1. The molecule has 54 valence electrons. The summed E-state index contributed by atoms with van der Waals surface area (Å²) >= 11 is 0. The van der Waals surface area contributed by atoms with E-state index in [1.165, 1.54) is 13.8 Å². The molecule has 1 atom stereocenters. The predicted octanol–water partition coefficient (Wildman–Crippen LogP) is -0.626. The summed E-state index contributed by atoms with van der Waals surface area (Å²) in [5.41, 5.74) is 2.88. The van der Waals surface area contributed by atoms with Crippen LogP contribution in [0.2, 0.25) is 0 Å². The molecule has 4 nitrogen and oxygen atoms in total. The molecule has 4 heteroatoms. The Bertz CT molecular complexity index is 119. The fourth-order valence-corrected chi connectivity index (χ4v) is 0.247. The van der Waals surface area contributed by atoms with Crippen molar-refractivity contribution in [2.45, 2.75) is 19.6 Å². The van der Waals surface area contributed by atoms with Gasteiger partial charge in [-0.25, -0.2) is 4.79 Å². The molecule has 0 aliphatic rings.